The van der Waals surface area contributed by atoms with E-state index in [0.29, 0.717) is 5.75 Å². The molecular formula is C21H25FO3. The molecule has 4 saturated carbocycles. The Hall–Kier alpha value is -1.84. The number of hydrogen-bond acceptors (Lipinski definition) is 3. The quantitative estimate of drug-likeness (QED) is 0.576. The van der Waals surface area contributed by atoms with Crippen molar-refractivity contribution in [2.24, 2.45) is 17.8 Å². The summed E-state index contributed by atoms with van der Waals surface area (Å²) < 4.78 is 25.1. The van der Waals surface area contributed by atoms with Gasteiger partial charge in [-0.15, -0.1) is 0 Å². The molecule has 134 valence electrons. The van der Waals surface area contributed by atoms with E-state index in [0.717, 1.165) is 42.6 Å². The molecule has 4 aliphatic rings. The second-order valence-electron chi connectivity index (χ2n) is 8.12. The van der Waals surface area contributed by atoms with Crippen molar-refractivity contribution < 1.29 is 18.7 Å². The first-order chi connectivity index (χ1) is 12.0. The van der Waals surface area contributed by atoms with Crippen LogP contribution < -0.4 is 4.74 Å². The fourth-order valence-electron chi connectivity index (χ4n) is 5.95. The monoisotopic (exact) mass is 344 g/mol. The average Bonchev–Trinajstić information content (AvgIpc) is 2.58. The number of hydrogen-bond donors (Lipinski definition) is 0. The minimum atomic E-state index is -0.633. The highest BCUT2D eigenvalue weighted by Crippen LogP contribution is 2.62. The zero-order valence-electron chi connectivity index (χ0n) is 14.7. The number of methoxy groups -OCH3 is 1. The maximum atomic E-state index is 14.5. The molecule has 0 aromatic heterocycles. The minimum absolute atomic E-state index is 0.00777. The number of ether oxygens (including phenoxy) is 2. The second kappa shape index (κ2) is 6.15. The molecule has 0 saturated heterocycles. The standard InChI is InChI=1S/C21H25FO3/c1-3-4-25-20(23)16-8-17(19(24-2)9-18(16)22)21-10-13-5-14(11-21)7-15(6-13)12-21/h3,8-9,13-15H,1,4-7,10-12H2,2H3. The molecule has 0 amide bonds. The Morgan fingerprint density at radius 1 is 1.24 bits per heavy atom. The summed E-state index contributed by atoms with van der Waals surface area (Å²) in [6, 6.07) is 3.06. The van der Waals surface area contributed by atoms with Crippen molar-refractivity contribution in [1.29, 1.82) is 0 Å². The molecular weight excluding hydrogens is 319 g/mol. The zero-order valence-corrected chi connectivity index (χ0v) is 14.7. The van der Waals surface area contributed by atoms with Crippen LogP contribution in [0.25, 0.3) is 0 Å². The number of esters is 1. The summed E-state index contributed by atoms with van der Waals surface area (Å²) in [6.45, 7) is 3.61. The van der Waals surface area contributed by atoms with E-state index in [2.05, 4.69) is 6.58 Å². The summed E-state index contributed by atoms with van der Waals surface area (Å²) in [4.78, 5) is 12.3. The van der Waals surface area contributed by atoms with E-state index in [9.17, 15) is 9.18 Å². The van der Waals surface area contributed by atoms with E-state index < -0.39 is 11.8 Å². The maximum Gasteiger partial charge on any atom is 0.341 e. The summed E-state index contributed by atoms with van der Waals surface area (Å²) in [5.74, 6) is 1.64. The topological polar surface area (TPSA) is 35.5 Å². The fraction of sp³-hybridized carbons (Fsp3) is 0.571. The molecule has 0 unspecified atom stereocenters. The van der Waals surface area contributed by atoms with Crippen molar-refractivity contribution >= 4 is 5.97 Å². The van der Waals surface area contributed by atoms with Gasteiger partial charge in [0.05, 0.1) is 12.7 Å². The van der Waals surface area contributed by atoms with E-state index in [1.54, 1.807) is 13.2 Å². The van der Waals surface area contributed by atoms with Gasteiger partial charge in [0.2, 0.25) is 0 Å². The molecule has 0 heterocycles. The molecule has 0 spiro atoms. The van der Waals surface area contributed by atoms with Crippen LogP contribution in [-0.4, -0.2) is 19.7 Å². The van der Waals surface area contributed by atoms with Gasteiger partial charge in [0.15, 0.2) is 0 Å². The highest BCUT2D eigenvalue weighted by Gasteiger charge is 2.52. The van der Waals surface area contributed by atoms with Crippen molar-refractivity contribution in [3.05, 3.63) is 41.7 Å². The van der Waals surface area contributed by atoms with E-state index >= 15 is 0 Å². The van der Waals surface area contributed by atoms with Crippen LogP contribution in [0, 0.1) is 23.6 Å². The number of halogens is 1. The van der Waals surface area contributed by atoms with Crippen LogP contribution in [0.1, 0.15) is 54.4 Å². The summed E-state index contributed by atoms with van der Waals surface area (Å²) in [5, 5.41) is 0. The smallest absolute Gasteiger partial charge is 0.341 e. The summed E-state index contributed by atoms with van der Waals surface area (Å²) in [6.07, 6.45) is 8.86. The van der Waals surface area contributed by atoms with Crippen LogP contribution in [0.3, 0.4) is 0 Å². The lowest BCUT2D eigenvalue weighted by Gasteiger charge is -2.57. The third-order valence-electron chi connectivity index (χ3n) is 6.45. The largest absolute Gasteiger partial charge is 0.496 e. The number of rotatable bonds is 5. The first kappa shape index (κ1) is 16.6. The molecule has 4 heteroatoms. The SMILES string of the molecule is C=CCOC(=O)c1cc(C23CC4CC(CC(C4)C2)C3)c(OC)cc1F. The number of carbonyl (C=O) groups excluding carboxylic acids is 1. The third kappa shape index (κ3) is 2.76. The van der Waals surface area contributed by atoms with Crippen LogP contribution in [0.4, 0.5) is 4.39 Å². The minimum Gasteiger partial charge on any atom is -0.496 e. The predicted octanol–water partition coefficient (Wildman–Crippen LogP) is 4.64. The normalized spacial score (nSPS) is 32.5. The Balaban J connectivity index is 1.75. The van der Waals surface area contributed by atoms with Gasteiger partial charge in [-0.25, -0.2) is 9.18 Å². The van der Waals surface area contributed by atoms with Crippen LogP contribution in [0.15, 0.2) is 24.8 Å². The van der Waals surface area contributed by atoms with Crippen molar-refractivity contribution in [1.82, 2.24) is 0 Å². The lowest BCUT2D eigenvalue weighted by Crippen LogP contribution is -2.48. The van der Waals surface area contributed by atoms with Gasteiger partial charge < -0.3 is 9.47 Å². The van der Waals surface area contributed by atoms with Crippen LogP contribution >= 0.6 is 0 Å². The lowest BCUT2D eigenvalue weighted by molar-refractivity contribution is -0.00623. The number of carbonyl (C=O) groups is 1. The highest BCUT2D eigenvalue weighted by molar-refractivity contribution is 5.90. The van der Waals surface area contributed by atoms with E-state index in [4.69, 9.17) is 9.47 Å². The summed E-state index contributed by atoms with van der Waals surface area (Å²) in [7, 11) is 1.58. The lowest BCUT2D eigenvalue weighted by atomic mass is 9.48. The molecule has 0 N–H and O–H groups in total. The third-order valence-corrected chi connectivity index (χ3v) is 6.45. The first-order valence-corrected chi connectivity index (χ1v) is 9.20. The highest BCUT2D eigenvalue weighted by atomic mass is 19.1. The molecule has 1 aromatic rings. The van der Waals surface area contributed by atoms with Crippen molar-refractivity contribution in [2.45, 2.75) is 43.9 Å². The molecule has 0 radical (unpaired) electrons. The van der Waals surface area contributed by atoms with Gasteiger partial charge >= 0.3 is 5.97 Å². The summed E-state index contributed by atoms with van der Waals surface area (Å²) in [5.41, 5.74) is 1.04. The van der Waals surface area contributed by atoms with E-state index in [1.807, 2.05) is 0 Å². The molecule has 1 aromatic carbocycles. The molecule has 25 heavy (non-hydrogen) atoms. The Kier molecular flexibility index (Phi) is 4.09. The Morgan fingerprint density at radius 2 is 1.84 bits per heavy atom. The molecule has 4 aliphatic carbocycles. The molecule has 4 fully saturated rings. The molecule has 4 bridgehead atoms. The Labute approximate surface area is 148 Å². The number of benzene rings is 1. The molecule has 5 rings (SSSR count). The van der Waals surface area contributed by atoms with E-state index in [-0.39, 0.29) is 17.6 Å². The zero-order chi connectivity index (χ0) is 17.6. The van der Waals surface area contributed by atoms with Gasteiger partial charge in [-0.05, 0) is 67.8 Å². The van der Waals surface area contributed by atoms with Crippen molar-refractivity contribution in [3.8, 4) is 5.75 Å². The maximum absolute atomic E-state index is 14.5. The van der Waals surface area contributed by atoms with Crippen LogP contribution in [0.5, 0.6) is 5.75 Å². The molecule has 0 atom stereocenters. The van der Waals surface area contributed by atoms with Gasteiger partial charge in [-0.1, -0.05) is 12.7 Å². The Morgan fingerprint density at radius 3 is 2.36 bits per heavy atom. The first-order valence-electron chi connectivity index (χ1n) is 9.20. The Bertz CT molecular complexity index is 674. The van der Waals surface area contributed by atoms with Gasteiger partial charge in [-0.2, -0.15) is 0 Å². The van der Waals surface area contributed by atoms with Gasteiger partial charge in [0, 0.05) is 11.6 Å². The average molecular weight is 344 g/mol. The van der Waals surface area contributed by atoms with E-state index in [1.165, 1.54) is 31.4 Å². The molecule has 0 aliphatic heterocycles. The predicted molar refractivity (Wildman–Crippen MR) is 93.3 cm³/mol. The fourth-order valence-corrected chi connectivity index (χ4v) is 5.95. The van der Waals surface area contributed by atoms with Crippen molar-refractivity contribution in [2.75, 3.05) is 13.7 Å². The van der Waals surface area contributed by atoms with Crippen LogP contribution in [-0.2, 0) is 10.2 Å². The van der Waals surface area contributed by atoms with Crippen molar-refractivity contribution in [3.63, 3.8) is 0 Å². The van der Waals surface area contributed by atoms with Gasteiger partial charge in [0.25, 0.3) is 0 Å². The second-order valence-corrected chi connectivity index (χ2v) is 8.12. The van der Waals surface area contributed by atoms with Gasteiger partial charge in [-0.3, -0.25) is 0 Å². The van der Waals surface area contributed by atoms with Crippen LogP contribution in [0.2, 0.25) is 0 Å². The summed E-state index contributed by atoms with van der Waals surface area (Å²) >= 11 is 0. The molecule has 3 nitrogen and oxygen atoms in total. The van der Waals surface area contributed by atoms with Gasteiger partial charge in [0.1, 0.15) is 18.2 Å².